The van der Waals surface area contributed by atoms with Gasteiger partial charge in [0.1, 0.15) is 32.9 Å². The summed E-state index contributed by atoms with van der Waals surface area (Å²) >= 11 is 10.2. The summed E-state index contributed by atoms with van der Waals surface area (Å²) in [5.74, 6) is 0.134. The van der Waals surface area contributed by atoms with Crippen LogP contribution in [0, 0.1) is 27.3 Å². The van der Waals surface area contributed by atoms with Crippen molar-refractivity contribution in [2.45, 2.75) is 39.7 Å². The Morgan fingerprint density at radius 1 is 0.878 bits per heavy atom. The molecule has 1 atom stereocenters. The second-order valence-corrected chi connectivity index (χ2v) is 12.8. The van der Waals surface area contributed by atoms with Gasteiger partial charge in [-0.3, -0.25) is 9.59 Å². The molecule has 254 valence electrons. The van der Waals surface area contributed by atoms with E-state index in [4.69, 9.17) is 30.2 Å². The number of carbonyl (C=O) groups excluding carboxylic acids is 2. The second-order valence-electron chi connectivity index (χ2n) is 12.0. The molecule has 2 saturated heterocycles. The van der Waals surface area contributed by atoms with Crippen LogP contribution >= 0.6 is 24.4 Å². The molecule has 4 N–H and O–H groups in total. The Kier molecular flexibility index (Phi) is 13.2. The number of pyridine rings is 1. The quantitative estimate of drug-likeness (QED) is 0.119. The number of nitrogens with two attached hydrogens (primary N) is 1. The molecule has 2 fully saturated rings. The van der Waals surface area contributed by atoms with Gasteiger partial charge >= 0.3 is 0 Å². The van der Waals surface area contributed by atoms with E-state index in [-0.39, 0.29) is 22.6 Å². The van der Waals surface area contributed by atoms with Crippen molar-refractivity contribution in [3.63, 3.8) is 0 Å². The highest BCUT2D eigenvalue weighted by Gasteiger charge is 2.25. The van der Waals surface area contributed by atoms with Crippen LogP contribution in [0.1, 0.15) is 71.5 Å². The van der Waals surface area contributed by atoms with Crippen molar-refractivity contribution in [3.8, 4) is 12.1 Å². The fourth-order valence-corrected chi connectivity index (χ4v) is 6.52. The highest BCUT2D eigenvalue weighted by atomic mass is 32.1. The number of rotatable bonds is 7. The molecule has 0 amide bonds. The lowest BCUT2D eigenvalue weighted by atomic mass is 10.0. The molecule has 1 aromatic heterocycles. The van der Waals surface area contributed by atoms with Gasteiger partial charge in [-0.25, -0.2) is 0 Å². The number of nitrogens with one attached hydrogen (secondary N) is 2. The number of thiocarbonyl (C=S) groups is 1. The summed E-state index contributed by atoms with van der Waals surface area (Å²) in [4.78, 5) is 32.7. The number of carbonyl (C=O) groups is 2. The zero-order chi connectivity index (χ0) is 35.5. The molecule has 12 heteroatoms. The number of nitrogens with zero attached hydrogens (tertiary/aromatic N) is 5. The molecule has 10 nitrogen and oxygen atoms in total. The summed E-state index contributed by atoms with van der Waals surface area (Å²) in [7, 11) is 0. The molecular weight excluding hydrogens is 653 g/mol. The lowest BCUT2D eigenvalue weighted by molar-refractivity contribution is 0.100. The van der Waals surface area contributed by atoms with Crippen LogP contribution in [0.2, 0.25) is 0 Å². The van der Waals surface area contributed by atoms with E-state index in [2.05, 4.69) is 37.1 Å². The van der Waals surface area contributed by atoms with E-state index in [1.54, 1.807) is 20.0 Å². The van der Waals surface area contributed by atoms with Gasteiger partial charge in [-0.05, 0) is 76.1 Å². The van der Waals surface area contributed by atoms with E-state index in [9.17, 15) is 20.1 Å². The standard InChI is InChI=1S/C19H20N4OS.C18H22N4OS/c1-13(24)14-3-5-15(6-4-14)18-12-21-8-2-10-23(18)17-7-9-22-19(25)16(17)11-20;1-13(17(12-19)18(20)24)21-8-3-9-22(11-10-21)16-6-4-15(5-7-16)14(2)23/h3-7,9,18,21H,2,8,10,12H2,1H3,(H,22,25);4-7H,3,8-11H2,1-2H3,(H2,20,24)/b;17-13-. The largest absolute Gasteiger partial charge is 0.389 e. The number of hydrogen-bond donors (Lipinski definition) is 3. The molecule has 2 aliphatic rings. The summed E-state index contributed by atoms with van der Waals surface area (Å²) in [5.41, 5.74) is 11.9. The highest BCUT2D eigenvalue weighted by Crippen LogP contribution is 2.31. The number of nitriles is 2. The zero-order valence-corrected chi connectivity index (χ0v) is 29.8. The monoisotopic (exact) mass is 694 g/mol. The average Bonchev–Trinajstić information content (AvgIpc) is 3.50. The Hall–Kier alpha value is -4.88. The van der Waals surface area contributed by atoms with Gasteiger partial charge in [-0.1, -0.05) is 48.7 Å². The Morgan fingerprint density at radius 2 is 1.53 bits per heavy atom. The number of benzene rings is 2. The van der Waals surface area contributed by atoms with Gasteiger partial charge in [-0.2, -0.15) is 10.5 Å². The van der Waals surface area contributed by atoms with Gasteiger partial charge in [0.2, 0.25) is 0 Å². The zero-order valence-electron chi connectivity index (χ0n) is 28.2. The Labute approximate surface area is 298 Å². The first kappa shape index (κ1) is 36.9. The van der Waals surface area contributed by atoms with Crippen LogP contribution in [0.25, 0.3) is 0 Å². The van der Waals surface area contributed by atoms with Crippen LogP contribution in [-0.4, -0.2) is 72.3 Å². The van der Waals surface area contributed by atoms with Crippen LogP contribution in [0.5, 0.6) is 0 Å². The number of allylic oxidation sites excluding steroid dienone is 1. The number of H-pyrrole nitrogens is 1. The fourth-order valence-electron chi connectivity index (χ4n) is 6.11. The van der Waals surface area contributed by atoms with Crippen molar-refractivity contribution < 1.29 is 9.59 Å². The molecule has 0 spiro atoms. The lowest BCUT2D eigenvalue weighted by Gasteiger charge is -2.33. The van der Waals surface area contributed by atoms with Crippen LogP contribution in [0.4, 0.5) is 11.4 Å². The first-order valence-electron chi connectivity index (χ1n) is 16.3. The molecule has 49 heavy (non-hydrogen) atoms. The van der Waals surface area contributed by atoms with Crippen molar-refractivity contribution in [1.29, 1.82) is 10.5 Å². The maximum atomic E-state index is 11.5. The van der Waals surface area contributed by atoms with E-state index in [1.165, 1.54) is 0 Å². The summed E-state index contributed by atoms with van der Waals surface area (Å²) < 4.78 is 0.461. The number of Topliss-reactive ketones (excluding diaryl/α,β-unsaturated/α-hetero) is 2. The Morgan fingerprint density at radius 3 is 2.12 bits per heavy atom. The summed E-state index contributed by atoms with van der Waals surface area (Å²) in [6, 6.07) is 21.8. The van der Waals surface area contributed by atoms with Gasteiger partial charge in [-0.15, -0.1) is 0 Å². The third kappa shape index (κ3) is 9.39. The topological polar surface area (TPSA) is 145 Å². The molecule has 2 aromatic carbocycles. The molecule has 0 bridgehead atoms. The van der Waals surface area contributed by atoms with Crippen molar-refractivity contribution in [2.24, 2.45) is 5.73 Å². The average molecular weight is 695 g/mol. The van der Waals surface area contributed by atoms with Gasteiger partial charge < -0.3 is 30.7 Å². The SMILES string of the molecule is CC(=O)c1ccc(C2CNCCCN2c2cc[nH]c(=S)c2C#N)cc1.CC(=O)c1ccc(N2CCCN(/C(C)=C(/C#N)C(N)=S)CC2)cc1. The second kappa shape index (κ2) is 17.5. The number of ketones is 2. The first-order chi connectivity index (χ1) is 23.5. The number of aromatic nitrogens is 1. The van der Waals surface area contributed by atoms with Crippen molar-refractivity contribution in [2.75, 3.05) is 55.6 Å². The van der Waals surface area contributed by atoms with E-state index in [0.29, 0.717) is 21.3 Å². The van der Waals surface area contributed by atoms with Crippen LogP contribution in [-0.2, 0) is 0 Å². The van der Waals surface area contributed by atoms with Gasteiger partial charge in [0.05, 0.1) is 11.7 Å². The highest BCUT2D eigenvalue weighted by molar-refractivity contribution is 7.80. The normalized spacial score (nSPS) is 16.8. The predicted octanol–water partition coefficient (Wildman–Crippen LogP) is 5.84. The number of aromatic amines is 1. The summed E-state index contributed by atoms with van der Waals surface area (Å²) in [6.45, 7) is 11.0. The Bertz CT molecular complexity index is 1840. The van der Waals surface area contributed by atoms with E-state index >= 15 is 0 Å². The van der Waals surface area contributed by atoms with E-state index in [0.717, 1.165) is 86.9 Å². The van der Waals surface area contributed by atoms with Gasteiger partial charge in [0.25, 0.3) is 0 Å². The van der Waals surface area contributed by atoms with Crippen molar-refractivity contribution in [1.82, 2.24) is 15.2 Å². The first-order valence-corrected chi connectivity index (χ1v) is 17.1. The van der Waals surface area contributed by atoms with Crippen LogP contribution in [0.3, 0.4) is 0 Å². The van der Waals surface area contributed by atoms with Crippen molar-refractivity contribution in [3.05, 3.63) is 99.0 Å². The lowest BCUT2D eigenvalue weighted by Crippen LogP contribution is -2.33. The van der Waals surface area contributed by atoms with Crippen molar-refractivity contribution >= 4 is 52.4 Å². The van der Waals surface area contributed by atoms with Gasteiger partial charge in [0, 0.05) is 68.0 Å². The molecule has 0 radical (unpaired) electrons. The van der Waals surface area contributed by atoms with Crippen LogP contribution < -0.4 is 20.9 Å². The molecular formula is C37H42N8O2S2. The molecule has 0 saturated carbocycles. The van der Waals surface area contributed by atoms with E-state index < -0.39 is 0 Å². The molecule has 1 unspecified atom stereocenters. The van der Waals surface area contributed by atoms with Crippen LogP contribution in [0.15, 0.2) is 72.1 Å². The molecule has 3 heterocycles. The summed E-state index contributed by atoms with van der Waals surface area (Å²) in [5, 5.41) is 22.2. The summed E-state index contributed by atoms with van der Waals surface area (Å²) in [6.07, 6.45) is 3.74. The Balaban J connectivity index is 0.000000221. The third-order valence-electron chi connectivity index (χ3n) is 8.86. The maximum Gasteiger partial charge on any atom is 0.159 e. The van der Waals surface area contributed by atoms with E-state index in [1.807, 2.05) is 61.5 Å². The fraction of sp³-hybridized carbons (Fsp3) is 0.351. The molecule has 0 aliphatic carbocycles. The molecule has 5 rings (SSSR count). The molecule has 2 aliphatic heterocycles. The number of anilines is 2. The third-order valence-corrected chi connectivity index (χ3v) is 9.38. The smallest absolute Gasteiger partial charge is 0.159 e. The molecule has 3 aromatic rings. The minimum absolute atomic E-state index is 0.0588. The maximum absolute atomic E-state index is 11.5. The van der Waals surface area contributed by atoms with Gasteiger partial charge in [0.15, 0.2) is 11.6 Å². The predicted molar refractivity (Wildman–Crippen MR) is 200 cm³/mol. The minimum Gasteiger partial charge on any atom is -0.389 e. The number of hydrogen-bond acceptors (Lipinski definition) is 10. The minimum atomic E-state index is 0.0588.